The van der Waals surface area contributed by atoms with E-state index in [0.29, 0.717) is 0 Å². The number of anilines is 3. The first-order valence-corrected chi connectivity index (χ1v) is 14.8. The number of benzene rings is 7. The highest BCUT2D eigenvalue weighted by molar-refractivity contribution is 6.25. The fourth-order valence-corrected chi connectivity index (χ4v) is 6.82. The van der Waals surface area contributed by atoms with Crippen molar-refractivity contribution >= 4 is 55.6 Å². The Bertz CT molecular complexity index is 2410. The van der Waals surface area contributed by atoms with Crippen molar-refractivity contribution in [3.63, 3.8) is 0 Å². The van der Waals surface area contributed by atoms with E-state index in [1.807, 2.05) is 42.5 Å². The zero-order chi connectivity index (χ0) is 29.2. The van der Waals surface area contributed by atoms with Crippen LogP contribution in [0.1, 0.15) is 15.9 Å². The largest absolute Gasteiger partial charge is 0.455 e. The molecule has 1 heterocycles. The van der Waals surface area contributed by atoms with Gasteiger partial charge in [0.1, 0.15) is 11.2 Å². The monoisotopic (exact) mass is 563 g/mol. The molecule has 0 atom stereocenters. The van der Waals surface area contributed by atoms with Gasteiger partial charge in [-0.3, -0.25) is 4.79 Å². The Balaban J connectivity index is 1.24. The maximum atomic E-state index is 13.9. The number of rotatable bonds is 4. The van der Waals surface area contributed by atoms with Crippen LogP contribution in [0.4, 0.5) is 17.1 Å². The first-order chi connectivity index (χ1) is 21.8. The van der Waals surface area contributed by atoms with E-state index in [1.165, 1.54) is 0 Å². The maximum Gasteiger partial charge on any atom is 0.196 e. The summed E-state index contributed by atoms with van der Waals surface area (Å²) in [4.78, 5) is 16.2. The molecule has 0 saturated heterocycles. The zero-order valence-corrected chi connectivity index (χ0v) is 23.7. The average molecular weight is 564 g/mol. The molecule has 0 amide bonds. The lowest BCUT2D eigenvalue weighted by Gasteiger charge is -2.28. The topological polar surface area (TPSA) is 33.5 Å². The third-order valence-electron chi connectivity index (χ3n) is 8.82. The number of para-hydroxylation sites is 2. The van der Waals surface area contributed by atoms with Crippen LogP contribution >= 0.6 is 0 Å². The van der Waals surface area contributed by atoms with Crippen LogP contribution < -0.4 is 4.90 Å². The summed E-state index contributed by atoms with van der Waals surface area (Å²) in [5.74, 6) is 0.0598. The second-order valence-corrected chi connectivity index (χ2v) is 11.2. The van der Waals surface area contributed by atoms with Gasteiger partial charge >= 0.3 is 0 Å². The van der Waals surface area contributed by atoms with Crippen molar-refractivity contribution in [3.05, 3.63) is 163 Å². The smallest absolute Gasteiger partial charge is 0.196 e. The van der Waals surface area contributed by atoms with Crippen LogP contribution in [-0.2, 0) is 0 Å². The van der Waals surface area contributed by atoms with Crippen molar-refractivity contribution in [3.8, 4) is 22.3 Å². The molecule has 8 aromatic rings. The summed E-state index contributed by atoms with van der Waals surface area (Å²) in [6.07, 6.45) is 0. The quantitative estimate of drug-likeness (QED) is 0.214. The molecule has 0 spiro atoms. The third kappa shape index (κ3) is 3.60. The molecule has 7 aromatic carbocycles. The fourth-order valence-electron chi connectivity index (χ4n) is 6.82. The van der Waals surface area contributed by atoms with Crippen molar-refractivity contribution in [1.82, 2.24) is 0 Å². The predicted octanol–water partition coefficient (Wildman–Crippen LogP) is 11.1. The van der Waals surface area contributed by atoms with Crippen LogP contribution in [0.15, 0.2) is 156 Å². The van der Waals surface area contributed by atoms with Crippen molar-refractivity contribution in [2.24, 2.45) is 0 Å². The van der Waals surface area contributed by atoms with Gasteiger partial charge in [-0.1, -0.05) is 121 Å². The van der Waals surface area contributed by atoms with Gasteiger partial charge in [-0.25, -0.2) is 0 Å². The Kier molecular flexibility index (Phi) is 5.35. The molecule has 1 aliphatic rings. The minimum absolute atomic E-state index is 0.0598. The SMILES string of the molecule is O=C1c2ccccc2-c2cccc(N(c3ccc(-c4cccc5c4oc4ccccc45)cc3)c3cccc4ccccc34)c21. The number of fused-ring (bicyclic) bond motifs is 7. The molecular weight excluding hydrogens is 538 g/mol. The fraction of sp³-hybridized carbons (Fsp3) is 0. The highest BCUT2D eigenvalue weighted by atomic mass is 16.3. The first kappa shape index (κ1) is 24.6. The van der Waals surface area contributed by atoms with Crippen molar-refractivity contribution < 1.29 is 9.21 Å². The van der Waals surface area contributed by atoms with E-state index < -0.39 is 0 Å². The van der Waals surface area contributed by atoms with Crippen LogP contribution in [-0.4, -0.2) is 5.78 Å². The van der Waals surface area contributed by atoms with E-state index in [2.05, 4.69) is 114 Å². The molecule has 206 valence electrons. The van der Waals surface area contributed by atoms with Gasteiger partial charge in [0.05, 0.1) is 16.9 Å². The number of hydrogen-bond acceptors (Lipinski definition) is 3. The molecule has 0 fully saturated rings. The summed E-state index contributed by atoms with van der Waals surface area (Å²) in [5.41, 5.74) is 10.2. The Hall–Kier alpha value is -5.93. The van der Waals surface area contributed by atoms with Gasteiger partial charge in [0.2, 0.25) is 0 Å². The Morgan fingerprint density at radius 3 is 1.95 bits per heavy atom. The van der Waals surface area contributed by atoms with Crippen LogP contribution in [0.5, 0.6) is 0 Å². The summed E-state index contributed by atoms with van der Waals surface area (Å²) in [7, 11) is 0. The molecule has 0 bridgehead atoms. The predicted molar refractivity (Wildman–Crippen MR) is 180 cm³/mol. The minimum atomic E-state index is 0.0598. The van der Waals surface area contributed by atoms with Gasteiger partial charge in [0.25, 0.3) is 0 Å². The first-order valence-electron chi connectivity index (χ1n) is 14.8. The molecule has 0 unspecified atom stereocenters. The number of hydrogen-bond donors (Lipinski definition) is 0. The molecule has 44 heavy (non-hydrogen) atoms. The van der Waals surface area contributed by atoms with Crippen molar-refractivity contribution in [2.75, 3.05) is 4.90 Å². The van der Waals surface area contributed by atoms with Crippen LogP contribution in [0.3, 0.4) is 0 Å². The number of carbonyl (C=O) groups excluding carboxylic acids is 1. The van der Waals surface area contributed by atoms with Gasteiger partial charge in [-0.2, -0.15) is 0 Å². The highest BCUT2D eigenvalue weighted by Crippen LogP contribution is 2.47. The molecule has 0 saturated carbocycles. The second kappa shape index (κ2) is 9.55. The molecule has 0 aliphatic heterocycles. The molecular formula is C41H25NO2. The standard InChI is InChI=1S/C41H25NO2/c43-40-34-15-4-3-13-31(34)33-17-9-20-37(39(33)40)42(36-19-7-11-26-10-1-2-12-29(26)36)28-24-22-27(23-25-28)30-16-8-18-35-32-14-5-6-21-38(32)44-41(30)35/h1-25H. The van der Waals surface area contributed by atoms with E-state index >= 15 is 0 Å². The van der Waals surface area contributed by atoms with Gasteiger partial charge in [0, 0.05) is 33.0 Å². The number of carbonyl (C=O) groups is 1. The van der Waals surface area contributed by atoms with Crippen LogP contribution in [0.2, 0.25) is 0 Å². The molecule has 3 heteroatoms. The molecule has 9 rings (SSSR count). The van der Waals surface area contributed by atoms with Crippen LogP contribution in [0, 0.1) is 0 Å². The number of ketones is 1. The lowest BCUT2D eigenvalue weighted by molar-refractivity contribution is 0.104. The maximum absolute atomic E-state index is 13.9. The molecule has 0 N–H and O–H groups in total. The minimum Gasteiger partial charge on any atom is -0.455 e. The summed E-state index contributed by atoms with van der Waals surface area (Å²) in [5, 5.41) is 4.49. The Morgan fingerprint density at radius 1 is 0.455 bits per heavy atom. The summed E-state index contributed by atoms with van der Waals surface area (Å²) in [6.45, 7) is 0. The highest BCUT2D eigenvalue weighted by Gasteiger charge is 2.31. The van der Waals surface area contributed by atoms with E-state index in [0.717, 1.165) is 83.2 Å². The average Bonchev–Trinajstić information content (AvgIpc) is 3.61. The number of nitrogens with zero attached hydrogens (tertiary/aromatic N) is 1. The Morgan fingerprint density at radius 2 is 1.07 bits per heavy atom. The second-order valence-electron chi connectivity index (χ2n) is 11.2. The summed E-state index contributed by atoms with van der Waals surface area (Å²) in [6, 6.07) is 51.9. The molecule has 1 aromatic heterocycles. The summed E-state index contributed by atoms with van der Waals surface area (Å²) < 4.78 is 6.35. The molecule has 1 aliphatic carbocycles. The van der Waals surface area contributed by atoms with Gasteiger partial charge in [0.15, 0.2) is 5.78 Å². The lowest BCUT2D eigenvalue weighted by atomic mass is 9.99. The third-order valence-corrected chi connectivity index (χ3v) is 8.82. The Labute approximate surface area is 254 Å². The van der Waals surface area contributed by atoms with Gasteiger partial charge in [-0.15, -0.1) is 0 Å². The van der Waals surface area contributed by atoms with E-state index in [4.69, 9.17) is 4.42 Å². The van der Waals surface area contributed by atoms with Crippen molar-refractivity contribution in [2.45, 2.75) is 0 Å². The summed E-state index contributed by atoms with van der Waals surface area (Å²) >= 11 is 0. The lowest BCUT2D eigenvalue weighted by Crippen LogP contribution is -2.14. The zero-order valence-electron chi connectivity index (χ0n) is 23.7. The van der Waals surface area contributed by atoms with E-state index in [-0.39, 0.29) is 5.78 Å². The number of furan rings is 1. The normalized spacial score (nSPS) is 12.1. The van der Waals surface area contributed by atoms with E-state index in [1.54, 1.807) is 0 Å². The molecule has 3 nitrogen and oxygen atoms in total. The van der Waals surface area contributed by atoms with Gasteiger partial charge in [-0.05, 0) is 52.4 Å². The van der Waals surface area contributed by atoms with Crippen molar-refractivity contribution in [1.29, 1.82) is 0 Å². The van der Waals surface area contributed by atoms with Gasteiger partial charge < -0.3 is 9.32 Å². The molecule has 0 radical (unpaired) electrons. The van der Waals surface area contributed by atoms with Crippen LogP contribution in [0.25, 0.3) is 55.0 Å². The van der Waals surface area contributed by atoms with E-state index in [9.17, 15) is 4.79 Å².